The number of quaternary nitrogens is 1. The second-order valence-corrected chi connectivity index (χ2v) is 6.61. The highest BCUT2D eigenvalue weighted by Gasteiger charge is 2.24. The van der Waals surface area contributed by atoms with Crippen LogP contribution >= 0.6 is 0 Å². The maximum Gasteiger partial charge on any atom is 0.269 e. The molecule has 2 N–H and O–H groups in total. The van der Waals surface area contributed by atoms with Gasteiger partial charge in [-0.2, -0.15) is 0 Å². The SMILES string of the molecule is O=[N+]([O-])c1ccc(OC[C@H](O)C[NH+]2CCN(c3ccccc3F)CC2)cc1. The summed E-state index contributed by atoms with van der Waals surface area (Å²) in [6.07, 6.45) is -0.643. The van der Waals surface area contributed by atoms with Crippen molar-refractivity contribution in [1.29, 1.82) is 0 Å². The van der Waals surface area contributed by atoms with E-state index in [1.807, 2.05) is 11.0 Å². The van der Waals surface area contributed by atoms with Crippen LogP contribution in [0.3, 0.4) is 0 Å². The number of ether oxygens (including phenoxy) is 1. The second kappa shape index (κ2) is 8.79. The average molecular weight is 376 g/mol. The quantitative estimate of drug-likeness (QED) is 0.554. The van der Waals surface area contributed by atoms with Gasteiger partial charge in [-0.05, 0) is 24.3 Å². The van der Waals surface area contributed by atoms with Crippen LogP contribution in [0.25, 0.3) is 0 Å². The van der Waals surface area contributed by atoms with E-state index in [1.165, 1.54) is 35.2 Å². The number of aliphatic hydroxyl groups is 1. The fourth-order valence-electron chi connectivity index (χ4n) is 3.22. The van der Waals surface area contributed by atoms with Crippen molar-refractivity contribution in [2.75, 3.05) is 44.2 Å². The molecule has 144 valence electrons. The number of piperazine rings is 1. The zero-order valence-electron chi connectivity index (χ0n) is 14.9. The van der Waals surface area contributed by atoms with Gasteiger partial charge in [-0.1, -0.05) is 12.1 Å². The molecule has 0 aliphatic carbocycles. The number of nitrogens with one attached hydrogen (secondary N) is 1. The van der Waals surface area contributed by atoms with Crippen molar-refractivity contribution in [3.8, 4) is 5.75 Å². The molecule has 7 nitrogen and oxygen atoms in total. The molecule has 0 radical (unpaired) electrons. The highest BCUT2D eigenvalue weighted by Crippen LogP contribution is 2.18. The summed E-state index contributed by atoms with van der Waals surface area (Å²) < 4.78 is 19.4. The molecule has 2 aromatic carbocycles. The summed E-state index contributed by atoms with van der Waals surface area (Å²) in [5, 5.41) is 20.8. The third kappa shape index (κ3) is 5.15. The summed E-state index contributed by atoms with van der Waals surface area (Å²) in [6.45, 7) is 3.74. The smallest absolute Gasteiger partial charge is 0.269 e. The molecule has 0 amide bonds. The Labute approximate surface area is 156 Å². The molecule has 8 heteroatoms. The van der Waals surface area contributed by atoms with Crippen LogP contribution in [0.1, 0.15) is 0 Å². The van der Waals surface area contributed by atoms with Gasteiger partial charge in [0.25, 0.3) is 5.69 Å². The van der Waals surface area contributed by atoms with E-state index in [-0.39, 0.29) is 18.1 Å². The standard InChI is InChI=1S/C19H22FN3O4/c20-18-3-1-2-4-19(18)22-11-9-21(10-12-22)13-16(24)14-27-17-7-5-15(6-8-17)23(25)26/h1-8,16,24H,9-14H2/p+1/t16-/m1/s1. The lowest BCUT2D eigenvalue weighted by molar-refractivity contribution is -0.903. The van der Waals surface area contributed by atoms with Crippen LogP contribution in [0.4, 0.5) is 15.8 Å². The van der Waals surface area contributed by atoms with Crippen molar-refractivity contribution in [3.63, 3.8) is 0 Å². The third-order valence-electron chi connectivity index (χ3n) is 4.68. The van der Waals surface area contributed by atoms with E-state index in [0.717, 1.165) is 26.2 Å². The molecule has 1 heterocycles. The van der Waals surface area contributed by atoms with Crippen LogP contribution < -0.4 is 14.5 Å². The number of nitro benzene ring substituents is 1. The Morgan fingerprint density at radius 1 is 1.19 bits per heavy atom. The lowest BCUT2D eigenvalue weighted by Gasteiger charge is -2.34. The predicted octanol–water partition coefficient (Wildman–Crippen LogP) is 0.879. The van der Waals surface area contributed by atoms with Crippen LogP contribution in [-0.4, -0.2) is 55.5 Å². The fourth-order valence-corrected chi connectivity index (χ4v) is 3.22. The van der Waals surface area contributed by atoms with Crippen LogP contribution in [0.15, 0.2) is 48.5 Å². The average Bonchev–Trinajstić information content (AvgIpc) is 2.68. The van der Waals surface area contributed by atoms with Gasteiger partial charge in [-0.25, -0.2) is 4.39 Å². The minimum absolute atomic E-state index is 0.0000617. The van der Waals surface area contributed by atoms with E-state index < -0.39 is 11.0 Å². The Balaban J connectivity index is 1.42. The molecule has 1 aliphatic heterocycles. The molecule has 1 fully saturated rings. The van der Waals surface area contributed by atoms with Gasteiger partial charge in [0.2, 0.25) is 0 Å². The molecule has 0 spiro atoms. The lowest BCUT2D eigenvalue weighted by atomic mass is 10.2. The maximum absolute atomic E-state index is 13.9. The maximum atomic E-state index is 13.9. The Hall–Kier alpha value is -2.71. The highest BCUT2D eigenvalue weighted by molar-refractivity contribution is 5.47. The molecule has 0 aromatic heterocycles. The number of non-ortho nitro benzene ring substituents is 1. The largest absolute Gasteiger partial charge is 0.491 e. The van der Waals surface area contributed by atoms with Gasteiger partial charge in [0.05, 0.1) is 36.8 Å². The predicted molar refractivity (Wildman–Crippen MR) is 98.8 cm³/mol. The Kier molecular flexibility index (Phi) is 6.20. The number of aliphatic hydroxyl groups excluding tert-OH is 1. The van der Waals surface area contributed by atoms with Crippen LogP contribution in [0.5, 0.6) is 5.75 Å². The van der Waals surface area contributed by atoms with E-state index in [1.54, 1.807) is 12.1 Å². The summed E-state index contributed by atoms with van der Waals surface area (Å²) >= 11 is 0. The Morgan fingerprint density at radius 3 is 2.48 bits per heavy atom. The number of halogens is 1. The Bertz CT molecular complexity index is 764. The summed E-state index contributed by atoms with van der Waals surface area (Å²) in [5.74, 6) is 0.275. The topological polar surface area (TPSA) is 80.3 Å². The molecule has 2 aromatic rings. The molecule has 0 unspecified atom stereocenters. The van der Waals surface area contributed by atoms with E-state index in [2.05, 4.69) is 0 Å². The van der Waals surface area contributed by atoms with Gasteiger partial charge in [-0.3, -0.25) is 10.1 Å². The monoisotopic (exact) mass is 376 g/mol. The normalized spacial score (nSPS) is 16.1. The molecule has 27 heavy (non-hydrogen) atoms. The Morgan fingerprint density at radius 2 is 1.85 bits per heavy atom. The minimum atomic E-state index is -0.643. The van der Waals surface area contributed by atoms with Crippen molar-refractivity contribution < 1.29 is 24.1 Å². The third-order valence-corrected chi connectivity index (χ3v) is 4.68. The van der Waals surface area contributed by atoms with E-state index in [4.69, 9.17) is 4.74 Å². The van der Waals surface area contributed by atoms with Crippen molar-refractivity contribution >= 4 is 11.4 Å². The van der Waals surface area contributed by atoms with Crippen molar-refractivity contribution in [3.05, 3.63) is 64.5 Å². The first kappa shape index (κ1) is 19.1. The lowest BCUT2D eigenvalue weighted by Crippen LogP contribution is -3.16. The summed E-state index contributed by atoms with van der Waals surface area (Å²) in [6, 6.07) is 12.5. The molecular formula is C19H23FN3O4+. The molecule has 1 atom stereocenters. The molecule has 0 bridgehead atoms. The van der Waals surface area contributed by atoms with Gasteiger partial charge in [-0.15, -0.1) is 0 Å². The van der Waals surface area contributed by atoms with Crippen LogP contribution in [0.2, 0.25) is 0 Å². The molecule has 3 rings (SSSR count). The number of nitrogens with zero attached hydrogens (tertiary/aromatic N) is 2. The van der Waals surface area contributed by atoms with Crippen LogP contribution in [-0.2, 0) is 0 Å². The number of hydrogen-bond donors (Lipinski definition) is 2. The van der Waals surface area contributed by atoms with Gasteiger partial charge in [0.1, 0.15) is 30.8 Å². The van der Waals surface area contributed by atoms with E-state index in [0.29, 0.717) is 18.0 Å². The number of para-hydroxylation sites is 1. The van der Waals surface area contributed by atoms with E-state index in [9.17, 15) is 19.6 Å². The van der Waals surface area contributed by atoms with Crippen LogP contribution in [0, 0.1) is 15.9 Å². The number of rotatable bonds is 7. The number of nitro groups is 1. The first-order chi connectivity index (χ1) is 13.0. The number of hydrogen-bond acceptors (Lipinski definition) is 5. The summed E-state index contributed by atoms with van der Waals surface area (Å²) in [4.78, 5) is 13.4. The van der Waals surface area contributed by atoms with Gasteiger partial charge in [0.15, 0.2) is 0 Å². The molecular weight excluding hydrogens is 353 g/mol. The highest BCUT2D eigenvalue weighted by atomic mass is 19.1. The zero-order valence-corrected chi connectivity index (χ0v) is 14.9. The van der Waals surface area contributed by atoms with Crippen molar-refractivity contribution in [2.24, 2.45) is 0 Å². The number of anilines is 1. The summed E-state index contributed by atoms with van der Waals surface area (Å²) in [5.41, 5.74) is 0.624. The molecule has 1 aliphatic rings. The van der Waals surface area contributed by atoms with Gasteiger partial charge in [0, 0.05) is 12.1 Å². The van der Waals surface area contributed by atoms with Crippen molar-refractivity contribution in [1.82, 2.24) is 0 Å². The van der Waals surface area contributed by atoms with Crippen molar-refractivity contribution in [2.45, 2.75) is 6.10 Å². The second-order valence-electron chi connectivity index (χ2n) is 6.61. The number of benzene rings is 2. The van der Waals surface area contributed by atoms with Gasteiger partial charge < -0.3 is 19.6 Å². The fraction of sp³-hybridized carbons (Fsp3) is 0.368. The molecule has 1 saturated heterocycles. The first-order valence-electron chi connectivity index (χ1n) is 8.91. The summed E-state index contributed by atoms with van der Waals surface area (Å²) in [7, 11) is 0. The van der Waals surface area contributed by atoms with E-state index >= 15 is 0 Å². The first-order valence-corrected chi connectivity index (χ1v) is 8.91. The zero-order chi connectivity index (χ0) is 19.2. The molecule has 0 saturated carbocycles. The van der Waals surface area contributed by atoms with Gasteiger partial charge >= 0.3 is 0 Å². The minimum Gasteiger partial charge on any atom is -0.491 e.